The minimum atomic E-state index is -0.675. The zero-order chi connectivity index (χ0) is 11.6. The molecule has 1 saturated heterocycles. The number of rotatable bonds is 0. The lowest BCUT2D eigenvalue weighted by Crippen LogP contribution is -2.59. The molecule has 0 aromatic heterocycles. The number of carbonyl (C=O) groups is 1. The maximum Gasteiger partial charge on any atom is 0.410 e. The Bertz CT molecular complexity index is 237. The number of carbonyl (C=O) groups excluding carboxylic acids is 1. The molecule has 1 rings (SSSR count). The van der Waals surface area contributed by atoms with E-state index in [0.717, 1.165) is 0 Å². The number of hydrogen-bond donors (Lipinski definition) is 2. The largest absolute Gasteiger partial charge is 0.444 e. The van der Waals surface area contributed by atoms with Gasteiger partial charge in [-0.3, -0.25) is 5.32 Å². The van der Waals surface area contributed by atoms with E-state index in [-0.39, 0.29) is 12.1 Å². The van der Waals surface area contributed by atoms with E-state index >= 15 is 0 Å². The topological polar surface area (TPSA) is 61.8 Å². The maximum atomic E-state index is 11.7. The van der Waals surface area contributed by atoms with Crippen LogP contribution in [-0.2, 0) is 4.74 Å². The summed E-state index contributed by atoms with van der Waals surface area (Å²) in [5.74, 6) is 0. The predicted octanol–water partition coefficient (Wildman–Crippen LogP) is 0.534. The van der Waals surface area contributed by atoms with Crippen molar-refractivity contribution in [3.8, 4) is 0 Å². The van der Waals surface area contributed by atoms with E-state index in [4.69, 9.17) is 4.74 Å². The molecular formula is C10H20N2O3. The molecule has 0 radical (unpaired) electrons. The second-order valence-electron chi connectivity index (χ2n) is 4.81. The molecule has 0 aliphatic carbocycles. The highest BCUT2D eigenvalue weighted by Crippen LogP contribution is 2.14. The van der Waals surface area contributed by atoms with Gasteiger partial charge >= 0.3 is 6.09 Å². The zero-order valence-electron chi connectivity index (χ0n) is 9.78. The molecule has 2 atom stereocenters. The molecule has 1 heterocycles. The highest BCUT2D eigenvalue weighted by atomic mass is 16.6. The smallest absolute Gasteiger partial charge is 0.410 e. The van der Waals surface area contributed by atoms with Gasteiger partial charge in [0.25, 0.3) is 0 Å². The molecule has 1 aliphatic rings. The van der Waals surface area contributed by atoms with E-state index in [1.165, 1.54) is 0 Å². The third-order valence-electron chi connectivity index (χ3n) is 2.28. The Labute approximate surface area is 90.4 Å². The average Bonchev–Trinajstić information content (AvgIpc) is 2.06. The molecule has 1 fully saturated rings. The van der Waals surface area contributed by atoms with Crippen LogP contribution in [0.3, 0.4) is 0 Å². The quantitative estimate of drug-likeness (QED) is 0.620. The van der Waals surface area contributed by atoms with Crippen molar-refractivity contribution in [3.05, 3.63) is 0 Å². The molecule has 15 heavy (non-hydrogen) atoms. The van der Waals surface area contributed by atoms with Gasteiger partial charge in [0, 0.05) is 13.1 Å². The van der Waals surface area contributed by atoms with Crippen LogP contribution < -0.4 is 5.32 Å². The van der Waals surface area contributed by atoms with E-state index in [0.29, 0.717) is 13.1 Å². The van der Waals surface area contributed by atoms with Gasteiger partial charge in [0.05, 0.1) is 6.04 Å². The summed E-state index contributed by atoms with van der Waals surface area (Å²) in [7, 11) is 0. The van der Waals surface area contributed by atoms with E-state index in [1.807, 2.05) is 20.8 Å². The Kier molecular flexibility index (Phi) is 3.57. The summed E-state index contributed by atoms with van der Waals surface area (Å²) in [5.41, 5.74) is -0.493. The number of piperazine rings is 1. The first kappa shape index (κ1) is 12.3. The van der Waals surface area contributed by atoms with Gasteiger partial charge in [0.1, 0.15) is 11.8 Å². The highest BCUT2D eigenvalue weighted by molar-refractivity contribution is 5.68. The van der Waals surface area contributed by atoms with Gasteiger partial charge in [-0.25, -0.2) is 4.79 Å². The number of aliphatic hydroxyl groups is 1. The normalized spacial score (nSPS) is 27.7. The predicted molar refractivity (Wildman–Crippen MR) is 56.4 cm³/mol. The van der Waals surface area contributed by atoms with Crippen molar-refractivity contribution in [1.29, 1.82) is 0 Å². The monoisotopic (exact) mass is 216 g/mol. The van der Waals surface area contributed by atoms with Crippen LogP contribution in [0.25, 0.3) is 0 Å². The number of hydrogen-bond acceptors (Lipinski definition) is 4. The molecular weight excluding hydrogens is 196 g/mol. The summed E-state index contributed by atoms with van der Waals surface area (Å²) in [6.07, 6.45) is -1.04. The maximum absolute atomic E-state index is 11.7. The molecule has 2 N–H and O–H groups in total. The van der Waals surface area contributed by atoms with Crippen LogP contribution in [0, 0.1) is 0 Å². The minimum Gasteiger partial charge on any atom is -0.444 e. The van der Waals surface area contributed by atoms with Crippen molar-refractivity contribution in [3.63, 3.8) is 0 Å². The van der Waals surface area contributed by atoms with Crippen LogP contribution in [0.5, 0.6) is 0 Å². The fraction of sp³-hybridized carbons (Fsp3) is 0.900. The van der Waals surface area contributed by atoms with Gasteiger partial charge in [-0.05, 0) is 27.7 Å². The third kappa shape index (κ3) is 3.35. The number of ether oxygens (including phenoxy) is 1. The van der Waals surface area contributed by atoms with Crippen molar-refractivity contribution in [2.24, 2.45) is 0 Å². The van der Waals surface area contributed by atoms with Gasteiger partial charge in [-0.2, -0.15) is 0 Å². The lowest BCUT2D eigenvalue weighted by Gasteiger charge is -2.38. The molecule has 88 valence electrons. The Hall–Kier alpha value is -0.810. The third-order valence-corrected chi connectivity index (χ3v) is 2.28. The van der Waals surface area contributed by atoms with Crippen molar-refractivity contribution in [1.82, 2.24) is 10.2 Å². The summed E-state index contributed by atoms with van der Waals surface area (Å²) in [6.45, 7) is 8.43. The number of nitrogens with zero attached hydrogens (tertiary/aromatic N) is 1. The van der Waals surface area contributed by atoms with E-state index in [2.05, 4.69) is 5.32 Å². The van der Waals surface area contributed by atoms with Crippen molar-refractivity contribution < 1.29 is 14.6 Å². The van der Waals surface area contributed by atoms with E-state index < -0.39 is 11.8 Å². The van der Waals surface area contributed by atoms with E-state index in [1.54, 1.807) is 11.8 Å². The summed E-state index contributed by atoms with van der Waals surface area (Å²) in [5, 5.41) is 12.4. The number of amides is 1. The lowest BCUT2D eigenvalue weighted by molar-refractivity contribution is -0.0243. The number of aliphatic hydroxyl groups excluding tert-OH is 1. The molecule has 5 heteroatoms. The molecule has 0 aromatic rings. The van der Waals surface area contributed by atoms with Gasteiger partial charge in [0.2, 0.25) is 0 Å². The molecule has 0 aromatic carbocycles. The lowest BCUT2D eigenvalue weighted by atomic mass is 10.2. The van der Waals surface area contributed by atoms with Gasteiger partial charge in [-0.15, -0.1) is 0 Å². The average molecular weight is 216 g/mol. The Morgan fingerprint density at radius 1 is 1.53 bits per heavy atom. The van der Waals surface area contributed by atoms with Crippen LogP contribution >= 0.6 is 0 Å². The summed E-state index contributed by atoms with van der Waals surface area (Å²) < 4.78 is 5.24. The standard InChI is InChI=1S/C10H20N2O3/c1-7-8(13)11-5-6-12(7)9(14)15-10(2,3)4/h7-8,11,13H,5-6H2,1-4H3/t7-,8?/m1/s1. The van der Waals surface area contributed by atoms with Crippen molar-refractivity contribution in [2.75, 3.05) is 13.1 Å². The Morgan fingerprint density at radius 2 is 2.13 bits per heavy atom. The minimum absolute atomic E-state index is 0.256. The van der Waals surface area contributed by atoms with Crippen molar-refractivity contribution >= 4 is 6.09 Å². The molecule has 1 aliphatic heterocycles. The first-order valence-corrected chi connectivity index (χ1v) is 5.22. The van der Waals surface area contributed by atoms with Gasteiger partial charge in [0.15, 0.2) is 0 Å². The molecule has 1 unspecified atom stereocenters. The summed E-state index contributed by atoms with van der Waals surface area (Å²) in [6, 6.07) is -0.256. The second kappa shape index (κ2) is 4.37. The van der Waals surface area contributed by atoms with Gasteiger partial charge < -0.3 is 14.7 Å². The molecule has 0 spiro atoms. The van der Waals surface area contributed by atoms with Crippen LogP contribution in [-0.4, -0.2) is 47.1 Å². The van der Waals surface area contributed by atoms with Crippen LogP contribution in [0.2, 0.25) is 0 Å². The molecule has 1 amide bonds. The zero-order valence-corrected chi connectivity index (χ0v) is 9.78. The molecule has 0 bridgehead atoms. The Morgan fingerprint density at radius 3 is 2.67 bits per heavy atom. The van der Waals surface area contributed by atoms with Crippen LogP contribution in [0.1, 0.15) is 27.7 Å². The first-order valence-electron chi connectivity index (χ1n) is 5.22. The van der Waals surface area contributed by atoms with Crippen molar-refractivity contribution in [2.45, 2.75) is 45.6 Å². The number of nitrogens with one attached hydrogen (secondary N) is 1. The van der Waals surface area contributed by atoms with E-state index in [9.17, 15) is 9.90 Å². The summed E-state index contributed by atoms with van der Waals surface area (Å²) >= 11 is 0. The second-order valence-corrected chi connectivity index (χ2v) is 4.81. The summed E-state index contributed by atoms with van der Waals surface area (Å²) in [4.78, 5) is 13.3. The Balaban J connectivity index is 2.59. The molecule has 0 saturated carbocycles. The fourth-order valence-electron chi connectivity index (χ4n) is 1.46. The SMILES string of the molecule is C[C@@H]1C(O)NCCN1C(=O)OC(C)(C)C. The van der Waals surface area contributed by atoms with Crippen LogP contribution in [0.15, 0.2) is 0 Å². The fourth-order valence-corrected chi connectivity index (χ4v) is 1.46. The molecule has 5 nitrogen and oxygen atoms in total. The van der Waals surface area contributed by atoms with Crippen LogP contribution in [0.4, 0.5) is 4.79 Å². The highest BCUT2D eigenvalue weighted by Gasteiger charge is 2.32. The van der Waals surface area contributed by atoms with Gasteiger partial charge in [-0.1, -0.05) is 0 Å². The first-order chi connectivity index (χ1) is 6.81.